The van der Waals surface area contributed by atoms with Crippen LogP contribution in [0.2, 0.25) is 0 Å². The molecule has 0 saturated heterocycles. The molecule has 1 atom stereocenters. The molecule has 0 aromatic carbocycles. The van der Waals surface area contributed by atoms with Gasteiger partial charge in [0.05, 0.1) is 0 Å². The van der Waals surface area contributed by atoms with Crippen LogP contribution in [0.5, 0.6) is 0 Å². The van der Waals surface area contributed by atoms with Crippen LogP contribution in [0.1, 0.15) is 96.8 Å². The smallest absolute Gasteiger partial charge is 0.323 e. The number of carboxylic acids is 1. The van der Waals surface area contributed by atoms with E-state index in [0.717, 1.165) is 18.2 Å². The number of rotatable bonds is 16. The number of carboxylic acid groups (broad SMARTS) is 1. The quantitative estimate of drug-likeness (QED) is 0.270. The van der Waals surface area contributed by atoms with Crippen LogP contribution in [0.3, 0.4) is 0 Å². The summed E-state index contributed by atoms with van der Waals surface area (Å²) in [5.74, 6) is -0.855. The molecule has 0 heterocycles. The van der Waals surface area contributed by atoms with Gasteiger partial charge in [-0.3, -0.25) is 4.79 Å². The molecule has 0 amide bonds. The van der Waals surface area contributed by atoms with Gasteiger partial charge in [-0.05, 0) is 19.3 Å². The van der Waals surface area contributed by atoms with Gasteiger partial charge in [0.15, 0.2) is 0 Å². The van der Waals surface area contributed by atoms with Gasteiger partial charge >= 0.3 is 5.97 Å². The molecule has 0 bridgehead atoms. The molecule has 0 radical (unpaired) electrons. The minimum Gasteiger partial charge on any atom is -0.480 e. The summed E-state index contributed by atoms with van der Waals surface area (Å²) in [6, 6.07) is 0. The van der Waals surface area contributed by atoms with E-state index >= 15 is 0 Å². The van der Waals surface area contributed by atoms with Gasteiger partial charge in [-0.1, -0.05) is 93.5 Å². The lowest BCUT2D eigenvalue weighted by Crippen LogP contribution is -2.47. The summed E-state index contributed by atoms with van der Waals surface area (Å²) in [7, 11) is 0. The molecular weight excluding hydrogens is 342 g/mol. The topological polar surface area (TPSA) is 63.3 Å². The van der Waals surface area contributed by atoms with Gasteiger partial charge < -0.3 is 10.8 Å². The van der Waals surface area contributed by atoms with E-state index in [-0.39, 0.29) is 0 Å². The highest BCUT2D eigenvalue weighted by atomic mass is 79.9. The maximum Gasteiger partial charge on any atom is 0.323 e. The molecule has 1 unspecified atom stereocenters. The van der Waals surface area contributed by atoms with Gasteiger partial charge in [0.2, 0.25) is 0 Å². The Morgan fingerprint density at radius 2 is 1.23 bits per heavy atom. The largest absolute Gasteiger partial charge is 0.480 e. The Bertz CT molecular complexity index is 274. The van der Waals surface area contributed by atoms with Gasteiger partial charge in [-0.15, -0.1) is 0 Å². The highest BCUT2D eigenvalue weighted by Gasteiger charge is 2.30. The van der Waals surface area contributed by atoms with Crippen molar-refractivity contribution in [2.24, 2.45) is 5.73 Å². The fourth-order valence-corrected chi connectivity index (χ4v) is 3.13. The van der Waals surface area contributed by atoms with Crippen LogP contribution < -0.4 is 5.73 Å². The minimum atomic E-state index is -1.01. The molecule has 3 nitrogen and oxygen atoms in total. The summed E-state index contributed by atoms with van der Waals surface area (Å²) < 4.78 is 0. The third-order valence-corrected chi connectivity index (χ3v) is 5.12. The zero-order valence-electron chi connectivity index (χ0n) is 14.4. The lowest BCUT2D eigenvalue weighted by atomic mass is 9.90. The van der Waals surface area contributed by atoms with Gasteiger partial charge in [-0.2, -0.15) is 0 Å². The van der Waals surface area contributed by atoms with Crippen LogP contribution in [-0.2, 0) is 4.79 Å². The third kappa shape index (κ3) is 11.5. The summed E-state index contributed by atoms with van der Waals surface area (Å²) in [5, 5.41) is 10.2. The van der Waals surface area contributed by atoms with Gasteiger partial charge in [0.25, 0.3) is 0 Å². The number of alkyl halides is 1. The standard InChI is InChI=1S/C18H36BrNO2/c1-2-18(20,17(21)22)15-13-11-9-7-5-3-4-6-8-10-12-14-16-19/h2-16,20H2,1H3,(H,21,22). The molecular formula is C18H36BrNO2. The van der Waals surface area contributed by atoms with Crippen molar-refractivity contribution in [3.8, 4) is 0 Å². The van der Waals surface area contributed by atoms with E-state index in [1.165, 1.54) is 64.2 Å². The fraction of sp³-hybridized carbons (Fsp3) is 0.944. The maximum absolute atomic E-state index is 11.1. The van der Waals surface area contributed by atoms with E-state index in [9.17, 15) is 4.79 Å². The molecule has 0 rings (SSSR count). The van der Waals surface area contributed by atoms with Gasteiger partial charge in [0.1, 0.15) is 5.54 Å². The lowest BCUT2D eigenvalue weighted by Gasteiger charge is -2.22. The zero-order chi connectivity index (χ0) is 16.7. The van der Waals surface area contributed by atoms with E-state index in [4.69, 9.17) is 10.8 Å². The van der Waals surface area contributed by atoms with Crippen LogP contribution in [0.15, 0.2) is 0 Å². The lowest BCUT2D eigenvalue weighted by molar-refractivity contribution is -0.143. The second kappa shape index (κ2) is 14.5. The molecule has 0 aromatic heterocycles. The first kappa shape index (κ1) is 21.9. The summed E-state index contributed by atoms with van der Waals surface area (Å²) in [6.45, 7) is 1.86. The summed E-state index contributed by atoms with van der Waals surface area (Å²) in [5.41, 5.74) is 4.87. The Morgan fingerprint density at radius 1 is 0.864 bits per heavy atom. The molecule has 0 aromatic rings. The van der Waals surface area contributed by atoms with Crippen molar-refractivity contribution in [2.45, 2.75) is 102 Å². The van der Waals surface area contributed by atoms with Crippen LogP contribution >= 0.6 is 15.9 Å². The number of hydrogen-bond donors (Lipinski definition) is 2. The van der Waals surface area contributed by atoms with E-state index in [1.54, 1.807) is 0 Å². The SMILES string of the molecule is CCC(N)(CCCCCCCCCCCCCCBr)C(=O)O. The van der Waals surface area contributed by atoms with Crippen LogP contribution in [0.4, 0.5) is 0 Å². The first-order valence-electron chi connectivity index (χ1n) is 9.15. The summed E-state index contributed by atoms with van der Waals surface area (Å²) >= 11 is 3.46. The highest BCUT2D eigenvalue weighted by molar-refractivity contribution is 9.09. The summed E-state index contributed by atoms with van der Waals surface area (Å²) in [4.78, 5) is 11.1. The average Bonchev–Trinajstić information content (AvgIpc) is 2.51. The number of hydrogen-bond acceptors (Lipinski definition) is 2. The number of carbonyl (C=O) groups is 1. The Labute approximate surface area is 145 Å². The van der Waals surface area contributed by atoms with Crippen molar-refractivity contribution >= 4 is 21.9 Å². The molecule has 3 N–H and O–H groups in total. The zero-order valence-corrected chi connectivity index (χ0v) is 16.0. The van der Waals surface area contributed by atoms with E-state index in [1.807, 2.05) is 6.92 Å². The maximum atomic E-state index is 11.1. The number of aliphatic carboxylic acids is 1. The Balaban J connectivity index is 3.29. The molecule has 22 heavy (non-hydrogen) atoms. The predicted molar refractivity (Wildman–Crippen MR) is 98.7 cm³/mol. The second-order valence-electron chi connectivity index (χ2n) is 6.50. The van der Waals surface area contributed by atoms with Crippen molar-refractivity contribution in [1.82, 2.24) is 0 Å². The van der Waals surface area contributed by atoms with Crippen molar-refractivity contribution in [3.05, 3.63) is 0 Å². The first-order valence-corrected chi connectivity index (χ1v) is 10.3. The normalized spacial score (nSPS) is 14.0. The molecule has 4 heteroatoms. The summed E-state index contributed by atoms with van der Waals surface area (Å²) in [6.07, 6.45) is 16.5. The first-order chi connectivity index (χ1) is 10.6. The Hall–Kier alpha value is -0.0900. The molecule has 0 aliphatic carbocycles. The predicted octanol–water partition coefficient (Wildman–Crippen LogP) is 5.64. The molecule has 0 saturated carbocycles. The van der Waals surface area contributed by atoms with Crippen LogP contribution in [0, 0.1) is 0 Å². The van der Waals surface area contributed by atoms with Crippen LogP contribution in [0.25, 0.3) is 0 Å². The van der Waals surface area contributed by atoms with Crippen LogP contribution in [-0.4, -0.2) is 21.9 Å². The van der Waals surface area contributed by atoms with Crippen molar-refractivity contribution in [2.75, 3.05) is 5.33 Å². The third-order valence-electron chi connectivity index (χ3n) is 4.56. The highest BCUT2D eigenvalue weighted by Crippen LogP contribution is 2.18. The second-order valence-corrected chi connectivity index (χ2v) is 7.29. The Morgan fingerprint density at radius 3 is 1.55 bits per heavy atom. The number of unbranched alkanes of at least 4 members (excludes halogenated alkanes) is 11. The fourth-order valence-electron chi connectivity index (χ4n) is 2.74. The molecule has 0 aliphatic heterocycles. The van der Waals surface area contributed by atoms with E-state index < -0.39 is 11.5 Å². The molecule has 0 spiro atoms. The van der Waals surface area contributed by atoms with E-state index in [2.05, 4.69) is 15.9 Å². The van der Waals surface area contributed by atoms with Crippen molar-refractivity contribution < 1.29 is 9.90 Å². The van der Waals surface area contributed by atoms with Crippen molar-refractivity contribution in [1.29, 1.82) is 0 Å². The molecule has 132 valence electrons. The molecule has 0 fully saturated rings. The van der Waals surface area contributed by atoms with Gasteiger partial charge in [-0.25, -0.2) is 0 Å². The van der Waals surface area contributed by atoms with E-state index in [0.29, 0.717) is 12.8 Å². The number of halogens is 1. The monoisotopic (exact) mass is 377 g/mol. The molecule has 0 aliphatic rings. The Kier molecular flexibility index (Phi) is 14.4. The van der Waals surface area contributed by atoms with Gasteiger partial charge in [0, 0.05) is 5.33 Å². The average molecular weight is 378 g/mol. The van der Waals surface area contributed by atoms with Crippen molar-refractivity contribution in [3.63, 3.8) is 0 Å². The number of nitrogens with two attached hydrogens (primary N) is 1. The minimum absolute atomic E-state index is 0.512.